The monoisotopic (exact) mass is 373 g/mol. The first kappa shape index (κ1) is 16.7. The van der Waals surface area contributed by atoms with Crippen molar-refractivity contribution in [3.63, 3.8) is 0 Å². The minimum Gasteiger partial charge on any atom is -0.493 e. The first-order valence-corrected chi connectivity index (χ1v) is 8.48. The lowest BCUT2D eigenvalue weighted by atomic mass is 10.0. The molecule has 0 spiro atoms. The second-order valence-electron chi connectivity index (χ2n) is 6.19. The average molecular weight is 374 g/mol. The summed E-state index contributed by atoms with van der Waals surface area (Å²) in [4.78, 5) is 33.3. The number of rotatable bonds is 4. The van der Waals surface area contributed by atoms with Crippen LogP contribution >= 0.6 is 11.6 Å². The van der Waals surface area contributed by atoms with Crippen molar-refractivity contribution in [1.29, 1.82) is 0 Å². The van der Waals surface area contributed by atoms with Crippen molar-refractivity contribution in [3.05, 3.63) is 49.6 Å². The van der Waals surface area contributed by atoms with E-state index < -0.39 is 11.2 Å². The highest BCUT2D eigenvalue weighted by molar-refractivity contribution is 6.33. The van der Waals surface area contributed by atoms with Gasteiger partial charge in [-0.1, -0.05) is 11.6 Å². The Hall–Kier alpha value is -2.80. The van der Waals surface area contributed by atoms with E-state index in [1.807, 2.05) is 6.07 Å². The number of halogens is 1. The van der Waals surface area contributed by atoms with Crippen LogP contribution in [0.15, 0.2) is 27.8 Å². The van der Waals surface area contributed by atoms with Crippen LogP contribution in [0.3, 0.4) is 0 Å². The van der Waals surface area contributed by atoms with Crippen molar-refractivity contribution in [2.24, 2.45) is 0 Å². The van der Waals surface area contributed by atoms with Gasteiger partial charge in [-0.2, -0.15) is 0 Å². The van der Waals surface area contributed by atoms with Crippen LogP contribution < -0.4 is 20.7 Å². The Morgan fingerprint density at radius 1 is 1.08 bits per heavy atom. The molecule has 2 N–H and O–H groups in total. The van der Waals surface area contributed by atoms with Crippen molar-refractivity contribution >= 4 is 22.6 Å². The molecule has 4 rings (SSSR count). The van der Waals surface area contributed by atoms with E-state index in [9.17, 15) is 9.59 Å². The Morgan fingerprint density at radius 2 is 1.77 bits per heavy atom. The van der Waals surface area contributed by atoms with Gasteiger partial charge in [0.25, 0.3) is 5.56 Å². The predicted octanol–water partition coefficient (Wildman–Crippen LogP) is 2.83. The maximum atomic E-state index is 12.3. The number of nitrogens with zero attached hydrogens (tertiary/aromatic N) is 1. The number of benzene rings is 1. The molecule has 1 aliphatic rings. The van der Waals surface area contributed by atoms with Gasteiger partial charge in [-0.15, -0.1) is 0 Å². The molecule has 2 aromatic heterocycles. The number of aromatic nitrogens is 3. The number of ether oxygens (including phenoxy) is 2. The van der Waals surface area contributed by atoms with E-state index in [-0.39, 0.29) is 5.52 Å². The standard InChI is InChI=1S/C18H16ClN3O4/c1-25-13-6-10(11(19)7-14(13)26-2)12-5-9(8-3-4-8)15-16(20-12)17(23)22-18(24)21-15/h5-8H,3-4H2,1-2H3,(H2,21,22,23,24). The maximum Gasteiger partial charge on any atom is 0.326 e. The first-order chi connectivity index (χ1) is 12.5. The fraction of sp³-hybridized carbons (Fsp3) is 0.278. The summed E-state index contributed by atoms with van der Waals surface area (Å²) in [6.45, 7) is 0. The Bertz CT molecular complexity index is 1130. The molecule has 26 heavy (non-hydrogen) atoms. The van der Waals surface area contributed by atoms with Crippen LogP contribution in [0.2, 0.25) is 5.02 Å². The smallest absolute Gasteiger partial charge is 0.326 e. The number of pyridine rings is 1. The zero-order valence-electron chi connectivity index (χ0n) is 14.2. The number of nitrogens with one attached hydrogen (secondary N) is 2. The molecule has 0 bridgehead atoms. The van der Waals surface area contributed by atoms with Crippen LogP contribution in [-0.2, 0) is 0 Å². The highest BCUT2D eigenvalue weighted by atomic mass is 35.5. The van der Waals surface area contributed by atoms with E-state index in [0.717, 1.165) is 18.4 Å². The Morgan fingerprint density at radius 3 is 2.42 bits per heavy atom. The number of fused-ring (bicyclic) bond motifs is 1. The van der Waals surface area contributed by atoms with Gasteiger partial charge >= 0.3 is 5.69 Å². The number of hydrogen-bond donors (Lipinski definition) is 2. The van der Waals surface area contributed by atoms with Crippen molar-refractivity contribution in [2.75, 3.05) is 14.2 Å². The summed E-state index contributed by atoms with van der Waals surface area (Å²) in [5.74, 6) is 1.32. The van der Waals surface area contributed by atoms with E-state index in [1.165, 1.54) is 14.2 Å². The molecule has 1 fully saturated rings. The van der Waals surface area contributed by atoms with Crippen LogP contribution in [0.5, 0.6) is 11.5 Å². The summed E-state index contributed by atoms with van der Waals surface area (Å²) in [6.07, 6.45) is 2.01. The molecule has 3 aromatic rings. The maximum absolute atomic E-state index is 12.3. The highest BCUT2D eigenvalue weighted by Gasteiger charge is 2.28. The van der Waals surface area contributed by atoms with Gasteiger partial charge in [0, 0.05) is 11.6 Å². The largest absolute Gasteiger partial charge is 0.493 e. The summed E-state index contributed by atoms with van der Waals surface area (Å²) < 4.78 is 10.6. The molecule has 8 heteroatoms. The summed E-state index contributed by atoms with van der Waals surface area (Å²) in [5.41, 5.74) is 1.68. The van der Waals surface area contributed by atoms with Crippen LogP contribution in [0.4, 0.5) is 0 Å². The van der Waals surface area contributed by atoms with E-state index in [4.69, 9.17) is 21.1 Å². The zero-order valence-corrected chi connectivity index (χ0v) is 14.9. The number of hydrogen-bond acceptors (Lipinski definition) is 5. The van der Waals surface area contributed by atoms with Gasteiger partial charge in [0.15, 0.2) is 17.0 Å². The molecule has 0 amide bonds. The molecule has 2 heterocycles. The minimum atomic E-state index is -0.539. The van der Waals surface area contributed by atoms with Crippen LogP contribution in [0, 0.1) is 0 Å². The fourth-order valence-electron chi connectivity index (χ4n) is 3.07. The molecule has 134 valence electrons. The van der Waals surface area contributed by atoms with Gasteiger partial charge in [0.05, 0.1) is 30.5 Å². The molecule has 0 unspecified atom stereocenters. The fourth-order valence-corrected chi connectivity index (χ4v) is 3.32. The van der Waals surface area contributed by atoms with Gasteiger partial charge in [0.2, 0.25) is 0 Å². The van der Waals surface area contributed by atoms with Crippen LogP contribution in [0.1, 0.15) is 24.3 Å². The van der Waals surface area contributed by atoms with E-state index in [2.05, 4.69) is 15.0 Å². The lowest BCUT2D eigenvalue weighted by Crippen LogP contribution is -2.23. The third kappa shape index (κ3) is 2.74. The van der Waals surface area contributed by atoms with Gasteiger partial charge in [-0.25, -0.2) is 9.78 Å². The van der Waals surface area contributed by atoms with Crippen molar-refractivity contribution in [1.82, 2.24) is 15.0 Å². The Labute approximate surface area is 153 Å². The molecule has 0 aliphatic heterocycles. The van der Waals surface area contributed by atoms with Crippen molar-refractivity contribution in [3.8, 4) is 22.8 Å². The quantitative estimate of drug-likeness (QED) is 0.733. The van der Waals surface area contributed by atoms with E-state index in [1.54, 1.807) is 12.1 Å². The second kappa shape index (κ2) is 6.17. The van der Waals surface area contributed by atoms with Gasteiger partial charge < -0.3 is 14.5 Å². The van der Waals surface area contributed by atoms with Gasteiger partial charge in [-0.05, 0) is 36.5 Å². The predicted molar refractivity (Wildman–Crippen MR) is 98.5 cm³/mol. The topological polar surface area (TPSA) is 97.1 Å². The normalized spacial score (nSPS) is 13.8. The molecule has 1 saturated carbocycles. The van der Waals surface area contributed by atoms with E-state index in [0.29, 0.717) is 39.2 Å². The van der Waals surface area contributed by atoms with E-state index >= 15 is 0 Å². The number of aromatic amines is 2. The second-order valence-corrected chi connectivity index (χ2v) is 6.60. The molecular weight excluding hydrogens is 358 g/mol. The van der Waals surface area contributed by atoms with Gasteiger partial charge in [-0.3, -0.25) is 9.78 Å². The van der Waals surface area contributed by atoms with Crippen molar-refractivity contribution in [2.45, 2.75) is 18.8 Å². The molecule has 0 atom stereocenters. The molecule has 7 nitrogen and oxygen atoms in total. The number of H-pyrrole nitrogens is 2. The average Bonchev–Trinajstić information content (AvgIpc) is 3.45. The number of methoxy groups -OCH3 is 2. The molecule has 0 saturated heterocycles. The minimum absolute atomic E-state index is 0.190. The van der Waals surface area contributed by atoms with Crippen molar-refractivity contribution < 1.29 is 9.47 Å². The summed E-state index contributed by atoms with van der Waals surface area (Å²) >= 11 is 6.42. The van der Waals surface area contributed by atoms with Gasteiger partial charge in [0.1, 0.15) is 0 Å². The zero-order chi connectivity index (χ0) is 18.4. The lowest BCUT2D eigenvalue weighted by molar-refractivity contribution is 0.355. The Balaban J connectivity index is 2.01. The molecular formula is C18H16ClN3O4. The summed E-state index contributed by atoms with van der Waals surface area (Å²) in [5, 5.41) is 0.428. The molecule has 1 aromatic carbocycles. The SMILES string of the molecule is COc1cc(Cl)c(-c2cc(C3CC3)c3[nH]c(=O)[nH]c(=O)c3n2)cc1OC. The van der Waals surface area contributed by atoms with Crippen LogP contribution in [0.25, 0.3) is 22.3 Å². The summed E-state index contributed by atoms with van der Waals surface area (Å²) in [6, 6.07) is 5.25. The highest BCUT2D eigenvalue weighted by Crippen LogP contribution is 2.44. The third-order valence-corrected chi connectivity index (χ3v) is 4.81. The molecule has 1 aliphatic carbocycles. The lowest BCUT2D eigenvalue weighted by Gasteiger charge is -2.13. The Kier molecular flexibility index (Phi) is 3.96. The summed E-state index contributed by atoms with van der Waals surface area (Å²) in [7, 11) is 3.07. The van der Waals surface area contributed by atoms with Crippen LogP contribution in [-0.4, -0.2) is 29.2 Å². The first-order valence-electron chi connectivity index (χ1n) is 8.11. The molecule has 0 radical (unpaired) electrons. The third-order valence-electron chi connectivity index (χ3n) is 4.50.